The molecule has 8 heteroatoms. The summed E-state index contributed by atoms with van der Waals surface area (Å²) in [6, 6.07) is 4.40. The molecule has 0 unspecified atom stereocenters. The first-order valence-corrected chi connectivity index (χ1v) is 9.29. The maximum atomic E-state index is 10.1. The first-order valence-electron chi connectivity index (χ1n) is 9.29. The van der Waals surface area contributed by atoms with Crippen LogP contribution in [0.15, 0.2) is 18.5 Å². The summed E-state index contributed by atoms with van der Waals surface area (Å²) in [6.07, 6.45) is 4.36. The van der Waals surface area contributed by atoms with E-state index < -0.39 is 0 Å². The Kier molecular flexibility index (Phi) is 4.78. The highest BCUT2D eigenvalue weighted by atomic mass is 16.3. The number of rotatable bonds is 6. The molecule has 0 radical (unpaired) electrons. The number of nitrogens with one attached hydrogen (secondary N) is 1. The average molecular weight is 357 g/mol. The zero-order valence-electron chi connectivity index (χ0n) is 15.5. The van der Waals surface area contributed by atoms with Crippen molar-refractivity contribution in [2.75, 3.05) is 37.4 Å². The van der Waals surface area contributed by atoms with Crippen molar-refractivity contribution in [2.24, 2.45) is 0 Å². The number of anilines is 2. The van der Waals surface area contributed by atoms with Crippen LogP contribution >= 0.6 is 0 Å². The van der Waals surface area contributed by atoms with Crippen molar-refractivity contribution in [3.05, 3.63) is 29.8 Å². The fraction of sp³-hybridized carbons (Fsp3) is 0.611. The number of nitrogens with zero attached hydrogens (tertiary/aromatic N) is 6. The lowest BCUT2D eigenvalue weighted by Gasteiger charge is -2.27. The number of β-amino-alcohol motifs (C(OH)–C–C–N with tert-alkyl or cyclic N) is 1. The molecule has 2 atom stereocenters. The number of hydrogen-bond donors (Lipinski definition) is 2. The van der Waals surface area contributed by atoms with E-state index in [1.54, 1.807) is 6.33 Å². The smallest absolute Gasteiger partial charge is 0.134 e. The first kappa shape index (κ1) is 17.2. The minimum Gasteiger partial charge on any atom is -0.391 e. The third kappa shape index (κ3) is 3.66. The van der Waals surface area contributed by atoms with Gasteiger partial charge in [0, 0.05) is 37.4 Å². The number of likely N-dealkylation sites (N-methyl/N-ethyl adjacent to an activating group) is 1. The average Bonchev–Trinajstić information content (AvgIpc) is 3.27. The topological polar surface area (TPSA) is 82.3 Å². The molecule has 0 saturated carbocycles. The summed E-state index contributed by atoms with van der Waals surface area (Å²) >= 11 is 0. The van der Waals surface area contributed by atoms with E-state index in [9.17, 15) is 5.11 Å². The molecule has 26 heavy (non-hydrogen) atoms. The molecule has 4 heterocycles. The summed E-state index contributed by atoms with van der Waals surface area (Å²) in [5, 5.41) is 18.1. The molecule has 8 nitrogen and oxygen atoms in total. The minimum absolute atomic E-state index is 0.263. The molecular weight excluding hydrogens is 330 g/mol. The summed E-state index contributed by atoms with van der Waals surface area (Å²) in [7, 11) is 4.11. The Morgan fingerprint density at radius 1 is 1.31 bits per heavy atom. The lowest BCUT2D eigenvalue weighted by molar-refractivity contribution is 0.191. The predicted octanol–water partition coefficient (Wildman–Crippen LogP) is 0.733. The van der Waals surface area contributed by atoms with Gasteiger partial charge >= 0.3 is 0 Å². The SMILES string of the molecule is CN(C)C[C@H]1C[C@@H](O)CN1c1cc(NCc2cc3n(n2)CCC3)ncn1. The molecule has 1 saturated heterocycles. The van der Waals surface area contributed by atoms with Crippen LogP contribution in [0.3, 0.4) is 0 Å². The van der Waals surface area contributed by atoms with Crippen LogP contribution in [-0.4, -0.2) is 69.1 Å². The number of fused-ring (bicyclic) bond motifs is 1. The zero-order chi connectivity index (χ0) is 18.1. The normalized spacial score (nSPS) is 22.2. The van der Waals surface area contributed by atoms with Crippen LogP contribution in [0.4, 0.5) is 11.6 Å². The maximum absolute atomic E-state index is 10.1. The van der Waals surface area contributed by atoms with Crippen molar-refractivity contribution in [3.63, 3.8) is 0 Å². The van der Waals surface area contributed by atoms with Gasteiger partial charge in [-0.25, -0.2) is 9.97 Å². The van der Waals surface area contributed by atoms with Crippen molar-refractivity contribution < 1.29 is 5.11 Å². The number of aromatic nitrogens is 4. The number of aliphatic hydroxyl groups is 1. The molecular formula is C18H27N7O. The molecule has 140 valence electrons. The van der Waals surface area contributed by atoms with Gasteiger partial charge in [0.05, 0.1) is 18.3 Å². The molecule has 4 rings (SSSR count). The van der Waals surface area contributed by atoms with Crippen LogP contribution in [0, 0.1) is 0 Å². The van der Waals surface area contributed by atoms with Gasteiger partial charge in [0.15, 0.2) is 0 Å². The van der Waals surface area contributed by atoms with E-state index in [1.807, 2.05) is 6.07 Å². The van der Waals surface area contributed by atoms with E-state index in [0.29, 0.717) is 13.1 Å². The largest absolute Gasteiger partial charge is 0.391 e. The highest BCUT2D eigenvalue weighted by Gasteiger charge is 2.32. The van der Waals surface area contributed by atoms with Gasteiger partial charge < -0.3 is 20.2 Å². The van der Waals surface area contributed by atoms with Gasteiger partial charge in [-0.1, -0.05) is 0 Å². The highest BCUT2D eigenvalue weighted by Crippen LogP contribution is 2.26. The second-order valence-corrected chi connectivity index (χ2v) is 7.53. The Labute approximate surface area is 153 Å². The van der Waals surface area contributed by atoms with Crippen LogP contribution < -0.4 is 10.2 Å². The molecule has 0 bridgehead atoms. The fourth-order valence-electron chi connectivity index (χ4n) is 3.96. The monoisotopic (exact) mass is 357 g/mol. The number of aliphatic hydroxyl groups excluding tert-OH is 1. The van der Waals surface area contributed by atoms with Crippen LogP contribution in [0.5, 0.6) is 0 Å². The van der Waals surface area contributed by atoms with E-state index in [-0.39, 0.29) is 12.1 Å². The summed E-state index contributed by atoms with van der Waals surface area (Å²) in [5.74, 6) is 1.64. The predicted molar refractivity (Wildman–Crippen MR) is 100 cm³/mol. The zero-order valence-corrected chi connectivity index (χ0v) is 15.5. The van der Waals surface area contributed by atoms with E-state index in [4.69, 9.17) is 0 Å². The Hall–Kier alpha value is -2.19. The molecule has 0 aliphatic carbocycles. The minimum atomic E-state index is -0.306. The molecule has 2 aliphatic heterocycles. The Morgan fingerprint density at radius 2 is 2.19 bits per heavy atom. The van der Waals surface area contributed by atoms with E-state index in [2.05, 4.69) is 55.0 Å². The van der Waals surface area contributed by atoms with Gasteiger partial charge in [0.2, 0.25) is 0 Å². The third-order valence-corrected chi connectivity index (χ3v) is 5.08. The quantitative estimate of drug-likeness (QED) is 0.789. The molecule has 2 aromatic heterocycles. The van der Waals surface area contributed by atoms with Crippen LogP contribution in [0.25, 0.3) is 0 Å². The van der Waals surface area contributed by atoms with Gasteiger partial charge in [-0.05, 0) is 39.4 Å². The summed E-state index contributed by atoms with van der Waals surface area (Å²) in [4.78, 5) is 13.1. The number of hydrogen-bond acceptors (Lipinski definition) is 7. The summed E-state index contributed by atoms with van der Waals surface area (Å²) in [5.41, 5.74) is 2.37. The molecule has 2 aliphatic rings. The fourth-order valence-corrected chi connectivity index (χ4v) is 3.96. The van der Waals surface area contributed by atoms with Gasteiger partial charge in [0.25, 0.3) is 0 Å². The van der Waals surface area contributed by atoms with Gasteiger partial charge in [-0.15, -0.1) is 0 Å². The summed E-state index contributed by atoms with van der Waals surface area (Å²) < 4.78 is 2.10. The maximum Gasteiger partial charge on any atom is 0.134 e. The lowest BCUT2D eigenvalue weighted by Crippen LogP contribution is -2.38. The molecule has 2 aromatic rings. The summed E-state index contributed by atoms with van der Waals surface area (Å²) in [6.45, 7) is 3.19. The second kappa shape index (κ2) is 7.20. The van der Waals surface area contributed by atoms with Crippen LogP contribution in [0.1, 0.15) is 24.2 Å². The molecule has 0 amide bonds. The van der Waals surface area contributed by atoms with E-state index in [1.165, 1.54) is 12.1 Å². The van der Waals surface area contributed by atoms with Crippen LogP contribution in [-0.2, 0) is 19.5 Å². The second-order valence-electron chi connectivity index (χ2n) is 7.53. The van der Waals surface area contributed by atoms with E-state index >= 15 is 0 Å². The van der Waals surface area contributed by atoms with Crippen molar-refractivity contribution in [1.29, 1.82) is 0 Å². The van der Waals surface area contributed by atoms with Crippen molar-refractivity contribution in [3.8, 4) is 0 Å². The van der Waals surface area contributed by atoms with Crippen molar-refractivity contribution in [2.45, 2.75) is 44.5 Å². The molecule has 0 aromatic carbocycles. The molecule has 1 fully saturated rings. The van der Waals surface area contributed by atoms with Gasteiger partial charge in [0.1, 0.15) is 18.0 Å². The van der Waals surface area contributed by atoms with Gasteiger partial charge in [-0.3, -0.25) is 4.68 Å². The third-order valence-electron chi connectivity index (χ3n) is 5.08. The van der Waals surface area contributed by atoms with Crippen molar-refractivity contribution >= 4 is 11.6 Å². The van der Waals surface area contributed by atoms with Crippen LogP contribution in [0.2, 0.25) is 0 Å². The first-order chi connectivity index (χ1) is 12.6. The lowest BCUT2D eigenvalue weighted by atomic mass is 10.2. The standard InChI is InChI=1S/C18H27N7O/c1-23(2)10-15-7-16(26)11-24(15)18-8-17(20-12-21-18)19-9-13-6-14-4-3-5-25(14)22-13/h6,8,12,15-16,26H,3-5,7,9-11H2,1-2H3,(H,19,20,21)/t15-,16-/m1/s1. The molecule has 2 N–H and O–H groups in total. The Bertz CT molecular complexity index is 738. The number of aryl methyl sites for hydroxylation is 2. The van der Waals surface area contributed by atoms with Gasteiger partial charge in [-0.2, -0.15) is 5.10 Å². The Morgan fingerprint density at radius 3 is 3.00 bits per heavy atom. The Balaban J connectivity index is 1.43. The van der Waals surface area contributed by atoms with Crippen molar-refractivity contribution in [1.82, 2.24) is 24.6 Å². The highest BCUT2D eigenvalue weighted by molar-refractivity contribution is 5.50. The molecule has 0 spiro atoms. The van der Waals surface area contributed by atoms with E-state index in [0.717, 1.165) is 43.3 Å².